The molecule has 0 amide bonds. The van der Waals surface area contributed by atoms with Gasteiger partial charge in [0.25, 0.3) is 0 Å². The predicted molar refractivity (Wildman–Crippen MR) is 198 cm³/mol. The summed E-state index contributed by atoms with van der Waals surface area (Å²) in [5.74, 6) is 1.39. The summed E-state index contributed by atoms with van der Waals surface area (Å²) in [5.41, 5.74) is 9.30. The van der Waals surface area contributed by atoms with Gasteiger partial charge < -0.3 is 14.0 Å². The van der Waals surface area contributed by atoms with E-state index in [4.69, 9.17) is 9.40 Å². The fraction of sp³-hybridized carbons (Fsp3) is 0.143. The molecule has 1 radical (unpaired) electrons. The summed E-state index contributed by atoms with van der Waals surface area (Å²) in [5, 5.41) is 3.65. The van der Waals surface area contributed by atoms with Crippen LogP contribution in [0, 0.1) is 12.1 Å². The molecule has 0 fully saturated rings. The number of nitrogens with zero attached hydrogens (tertiary/aromatic N) is 3. The molecule has 0 N–H and O–H groups in total. The molecule has 0 saturated carbocycles. The van der Waals surface area contributed by atoms with Crippen molar-refractivity contribution < 1.29 is 24.5 Å². The SMILES string of the molecule is CC(C)c1cc(-c2[c-]cccc2)ncc1[Si](C)(C)C.[Ir].[c-]1cc2c(cc1-c1nc3ccccc3n1-c1ccccc1)oc1ccccc12. The topological polar surface area (TPSA) is 43.9 Å². The van der Waals surface area contributed by atoms with Gasteiger partial charge in [0.2, 0.25) is 0 Å². The van der Waals surface area contributed by atoms with E-state index in [0.29, 0.717) is 5.92 Å². The predicted octanol–water partition coefficient (Wildman–Crippen LogP) is 10.6. The maximum absolute atomic E-state index is 6.08. The number of imidazole rings is 1. The Balaban J connectivity index is 0.000000177. The Morgan fingerprint density at radius 3 is 2.21 bits per heavy atom. The minimum atomic E-state index is -1.34. The molecular weight excluding hydrogens is 783 g/mol. The van der Waals surface area contributed by atoms with Crippen LogP contribution in [0.15, 0.2) is 132 Å². The average Bonchev–Trinajstić information content (AvgIpc) is 3.67. The summed E-state index contributed by atoms with van der Waals surface area (Å²) < 4.78 is 8.25. The molecule has 0 bridgehead atoms. The molecule has 0 spiro atoms. The van der Waals surface area contributed by atoms with Crippen LogP contribution in [-0.2, 0) is 20.1 Å². The van der Waals surface area contributed by atoms with E-state index in [9.17, 15) is 0 Å². The van der Waals surface area contributed by atoms with Gasteiger partial charge in [-0.3, -0.25) is 4.98 Å². The van der Waals surface area contributed by atoms with Gasteiger partial charge in [-0.25, -0.2) is 0 Å². The van der Waals surface area contributed by atoms with Crippen molar-refractivity contribution in [3.05, 3.63) is 145 Å². The van der Waals surface area contributed by atoms with Crippen LogP contribution in [0.3, 0.4) is 0 Å². The van der Waals surface area contributed by atoms with Gasteiger partial charge in [-0.1, -0.05) is 105 Å². The van der Waals surface area contributed by atoms with Gasteiger partial charge in [0, 0.05) is 32.0 Å². The van der Waals surface area contributed by atoms with Crippen LogP contribution in [0.5, 0.6) is 0 Å². The Hall–Kier alpha value is -4.61. The van der Waals surface area contributed by atoms with Crippen LogP contribution >= 0.6 is 0 Å². The first-order chi connectivity index (χ1) is 22.8. The van der Waals surface area contributed by atoms with E-state index in [0.717, 1.165) is 61.3 Å². The van der Waals surface area contributed by atoms with Gasteiger partial charge in [0.1, 0.15) is 5.58 Å². The number of furan rings is 1. The second kappa shape index (κ2) is 13.9. The molecule has 3 heterocycles. The van der Waals surface area contributed by atoms with Crippen LogP contribution in [-0.4, -0.2) is 22.6 Å². The molecule has 8 aromatic rings. The van der Waals surface area contributed by atoms with E-state index in [2.05, 4.69) is 97.8 Å². The first-order valence-electron chi connectivity index (χ1n) is 16.1. The minimum Gasteiger partial charge on any atom is -0.476 e. The number of para-hydroxylation sites is 4. The summed E-state index contributed by atoms with van der Waals surface area (Å²) in [6, 6.07) is 47.6. The van der Waals surface area contributed by atoms with Crippen LogP contribution in [0.1, 0.15) is 25.3 Å². The van der Waals surface area contributed by atoms with E-state index in [1.165, 1.54) is 10.8 Å². The third-order valence-electron chi connectivity index (χ3n) is 8.48. The first kappa shape index (κ1) is 33.3. The second-order valence-electron chi connectivity index (χ2n) is 13.2. The van der Waals surface area contributed by atoms with Crippen molar-refractivity contribution in [2.24, 2.45) is 0 Å². The average molecular weight is 820 g/mol. The third-order valence-corrected chi connectivity index (χ3v) is 10.5. The van der Waals surface area contributed by atoms with Gasteiger partial charge in [0.05, 0.1) is 30.5 Å². The van der Waals surface area contributed by atoms with Crippen molar-refractivity contribution in [3.63, 3.8) is 0 Å². The quantitative estimate of drug-likeness (QED) is 0.128. The summed E-state index contributed by atoms with van der Waals surface area (Å²) >= 11 is 0. The van der Waals surface area contributed by atoms with Crippen LogP contribution in [0.4, 0.5) is 0 Å². The number of fused-ring (bicyclic) bond motifs is 4. The van der Waals surface area contributed by atoms with Gasteiger partial charge in [-0.15, -0.1) is 53.6 Å². The third kappa shape index (κ3) is 6.57. The molecular formula is C42H37IrN3OSi-2. The van der Waals surface area contributed by atoms with Crippen molar-refractivity contribution in [3.8, 4) is 28.3 Å². The molecule has 4 nitrogen and oxygen atoms in total. The zero-order chi connectivity index (χ0) is 32.5. The van der Waals surface area contributed by atoms with E-state index < -0.39 is 8.07 Å². The van der Waals surface area contributed by atoms with E-state index >= 15 is 0 Å². The summed E-state index contributed by atoms with van der Waals surface area (Å²) in [4.78, 5) is 9.57. The zero-order valence-electron chi connectivity index (χ0n) is 27.8. The van der Waals surface area contributed by atoms with Gasteiger partial charge in [-0.2, -0.15) is 0 Å². The van der Waals surface area contributed by atoms with Gasteiger partial charge in [0.15, 0.2) is 0 Å². The number of pyridine rings is 1. The summed E-state index contributed by atoms with van der Waals surface area (Å²) in [7, 11) is -1.34. The van der Waals surface area contributed by atoms with Crippen molar-refractivity contribution in [2.45, 2.75) is 39.4 Å². The van der Waals surface area contributed by atoms with Crippen molar-refractivity contribution >= 4 is 46.2 Å². The van der Waals surface area contributed by atoms with Crippen LogP contribution in [0.2, 0.25) is 19.6 Å². The van der Waals surface area contributed by atoms with E-state index in [1.807, 2.05) is 84.9 Å². The summed E-state index contributed by atoms with van der Waals surface area (Å²) in [6.45, 7) is 11.7. The van der Waals surface area contributed by atoms with Crippen LogP contribution in [0.25, 0.3) is 61.3 Å². The Morgan fingerprint density at radius 2 is 1.46 bits per heavy atom. The second-order valence-corrected chi connectivity index (χ2v) is 18.2. The normalized spacial score (nSPS) is 11.5. The largest absolute Gasteiger partial charge is 0.476 e. The van der Waals surface area contributed by atoms with Gasteiger partial charge >= 0.3 is 0 Å². The van der Waals surface area contributed by atoms with Gasteiger partial charge in [-0.05, 0) is 52.5 Å². The molecule has 5 aromatic carbocycles. The maximum Gasteiger partial charge on any atom is 0.123 e. The molecule has 0 atom stereocenters. The molecule has 3 aromatic heterocycles. The molecule has 6 heteroatoms. The number of rotatable bonds is 5. The smallest absolute Gasteiger partial charge is 0.123 e. The zero-order valence-corrected chi connectivity index (χ0v) is 31.2. The fourth-order valence-electron chi connectivity index (χ4n) is 6.11. The molecule has 0 saturated heterocycles. The fourth-order valence-corrected chi connectivity index (χ4v) is 7.79. The number of hydrogen-bond acceptors (Lipinski definition) is 3. The summed E-state index contributed by atoms with van der Waals surface area (Å²) in [6.07, 6.45) is 2.09. The van der Waals surface area contributed by atoms with E-state index in [-0.39, 0.29) is 20.1 Å². The van der Waals surface area contributed by atoms with Crippen LogP contribution < -0.4 is 5.19 Å². The monoisotopic (exact) mass is 820 g/mol. The maximum atomic E-state index is 6.08. The number of aromatic nitrogens is 3. The molecule has 48 heavy (non-hydrogen) atoms. The Morgan fingerprint density at radius 1 is 0.729 bits per heavy atom. The Labute approximate surface area is 296 Å². The Kier molecular flexibility index (Phi) is 9.61. The van der Waals surface area contributed by atoms with Crippen molar-refractivity contribution in [2.75, 3.05) is 0 Å². The van der Waals surface area contributed by atoms with Crippen molar-refractivity contribution in [1.29, 1.82) is 0 Å². The molecule has 0 unspecified atom stereocenters. The Bertz CT molecular complexity index is 2320. The van der Waals surface area contributed by atoms with E-state index in [1.54, 1.807) is 0 Å². The standard InChI is InChI=1S/C25H15N2O.C17H22NSi.Ir/c1-2-8-18(9-3-1)27-22-12-6-5-11-21(22)26-25(27)17-14-15-20-19-10-4-7-13-23(19)28-24(20)16-17;1-13(2)15-11-16(14-9-7-6-8-10-14)18-12-17(15)19(3,4)5;/h1-13,15-16H;6-9,11-13H,1-5H3;/q2*-1;. The molecule has 241 valence electrons. The molecule has 8 rings (SSSR count). The minimum absolute atomic E-state index is 0. The number of benzene rings is 5. The van der Waals surface area contributed by atoms with Crippen molar-refractivity contribution in [1.82, 2.24) is 14.5 Å². The first-order valence-corrected chi connectivity index (χ1v) is 19.6. The molecule has 0 aliphatic rings. The number of hydrogen-bond donors (Lipinski definition) is 0. The molecule has 0 aliphatic heterocycles. The molecule has 0 aliphatic carbocycles.